The number of thioether (sulfide) groups is 1. The number of ether oxygens (including phenoxy) is 1. The molecule has 1 saturated heterocycles. The van der Waals surface area contributed by atoms with E-state index >= 15 is 0 Å². The molecule has 0 atom stereocenters. The lowest BCUT2D eigenvalue weighted by atomic mass is 10.3. The van der Waals surface area contributed by atoms with Crippen LogP contribution in [0.15, 0.2) is 29.6 Å². The van der Waals surface area contributed by atoms with Crippen LogP contribution in [0, 0.1) is 0 Å². The SMILES string of the molecule is c1ccc(-c2nc(SCCCN3CCOCC3)n[nH]2)nc1. The second-order valence-corrected chi connectivity index (χ2v) is 5.90. The standard InChI is InChI=1S/C14H19N5OS/c1-2-5-15-12(4-1)13-16-14(18-17-13)21-11-3-6-19-7-9-20-10-8-19/h1-2,4-5H,3,6-11H2,(H,16,17,18). The molecule has 0 aliphatic carbocycles. The number of nitrogens with zero attached hydrogens (tertiary/aromatic N) is 4. The molecule has 21 heavy (non-hydrogen) atoms. The van der Waals surface area contributed by atoms with Crippen LogP contribution in [0.2, 0.25) is 0 Å². The quantitative estimate of drug-likeness (QED) is 0.647. The highest BCUT2D eigenvalue weighted by molar-refractivity contribution is 7.99. The molecule has 0 radical (unpaired) electrons. The minimum absolute atomic E-state index is 0.728. The Hall–Kier alpha value is -1.44. The predicted molar refractivity (Wildman–Crippen MR) is 82.2 cm³/mol. The van der Waals surface area contributed by atoms with Crippen LogP contribution in [0.1, 0.15) is 6.42 Å². The molecule has 1 aliphatic heterocycles. The van der Waals surface area contributed by atoms with Gasteiger partial charge in [-0.05, 0) is 25.1 Å². The summed E-state index contributed by atoms with van der Waals surface area (Å²) in [5.74, 6) is 1.75. The second kappa shape index (κ2) is 7.53. The van der Waals surface area contributed by atoms with Gasteiger partial charge in [0, 0.05) is 25.0 Å². The Kier molecular flexibility index (Phi) is 5.20. The van der Waals surface area contributed by atoms with Gasteiger partial charge in [0.2, 0.25) is 5.16 Å². The van der Waals surface area contributed by atoms with E-state index in [2.05, 4.69) is 25.1 Å². The highest BCUT2D eigenvalue weighted by atomic mass is 32.2. The minimum Gasteiger partial charge on any atom is -0.379 e. The third kappa shape index (κ3) is 4.26. The van der Waals surface area contributed by atoms with Crippen molar-refractivity contribution < 1.29 is 4.74 Å². The number of rotatable bonds is 6. The summed E-state index contributed by atoms with van der Waals surface area (Å²) >= 11 is 1.69. The van der Waals surface area contributed by atoms with Gasteiger partial charge in [-0.3, -0.25) is 15.0 Å². The Morgan fingerprint density at radius 2 is 2.19 bits per heavy atom. The van der Waals surface area contributed by atoms with Crippen LogP contribution >= 0.6 is 11.8 Å². The molecule has 0 spiro atoms. The van der Waals surface area contributed by atoms with Gasteiger partial charge in [-0.1, -0.05) is 17.8 Å². The number of hydrogen-bond donors (Lipinski definition) is 1. The molecular weight excluding hydrogens is 286 g/mol. The summed E-state index contributed by atoms with van der Waals surface area (Å²) in [6.45, 7) is 4.95. The first-order chi connectivity index (χ1) is 10.4. The monoisotopic (exact) mass is 305 g/mol. The molecule has 6 nitrogen and oxygen atoms in total. The second-order valence-electron chi connectivity index (χ2n) is 4.84. The third-order valence-corrected chi connectivity index (χ3v) is 4.26. The van der Waals surface area contributed by atoms with Crippen LogP contribution < -0.4 is 0 Å². The first-order valence-electron chi connectivity index (χ1n) is 7.18. The van der Waals surface area contributed by atoms with E-state index in [0.717, 1.165) is 61.7 Å². The zero-order valence-corrected chi connectivity index (χ0v) is 12.7. The lowest BCUT2D eigenvalue weighted by molar-refractivity contribution is 0.0381. The van der Waals surface area contributed by atoms with Gasteiger partial charge in [0.15, 0.2) is 5.82 Å². The molecule has 0 amide bonds. The summed E-state index contributed by atoms with van der Waals surface area (Å²) < 4.78 is 5.34. The maximum absolute atomic E-state index is 5.34. The van der Waals surface area contributed by atoms with Gasteiger partial charge in [-0.2, -0.15) is 4.98 Å². The van der Waals surface area contributed by atoms with Crippen LogP contribution in [0.5, 0.6) is 0 Å². The van der Waals surface area contributed by atoms with E-state index in [0.29, 0.717) is 0 Å². The molecule has 1 N–H and O–H groups in total. The number of pyridine rings is 1. The van der Waals surface area contributed by atoms with Crippen LogP contribution in [0.3, 0.4) is 0 Å². The van der Waals surface area contributed by atoms with Crippen molar-refractivity contribution in [3.8, 4) is 11.5 Å². The molecule has 1 fully saturated rings. The van der Waals surface area contributed by atoms with E-state index in [1.54, 1.807) is 18.0 Å². The fourth-order valence-electron chi connectivity index (χ4n) is 2.20. The summed E-state index contributed by atoms with van der Waals surface area (Å²) in [5, 5.41) is 7.96. The summed E-state index contributed by atoms with van der Waals surface area (Å²) in [7, 11) is 0. The summed E-state index contributed by atoms with van der Waals surface area (Å²) in [6.07, 6.45) is 2.89. The number of nitrogens with one attached hydrogen (secondary N) is 1. The van der Waals surface area contributed by atoms with E-state index < -0.39 is 0 Å². The van der Waals surface area contributed by atoms with Crippen LogP contribution in [-0.4, -0.2) is 63.7 Å². The number of H-pyrrole nitrogens is 1. The maximum atomic E-state index is 5.34. The van der Waals surface area contributed by atoms with E-state index in [1.807, 2.05) is 18.2 Å². The Morgan fingerprint density at radius 3 is 3.00 bits per heavy atom. The van der Waals surface area contributed by atoms with Gasteiger partial charge < -0.3 is 4.74 Å². The molecule has 112 valence electrons. The molecule has 1 aliphatic rings. The molecule has 0 unspecified atom stereocenters. The molecular formula is C14H19N5OS. The highest BCUT2D eigenvalue weighted by Gasteiger charge is 2.10. The smallest absolute Gasteiger partial charge is 0.208 e. The van der Waals surface area contributed by atoms with Crippen molar-refractivity contribution in [2.24, 2.45) is 0 Å². The van der Waals surface area contributed by atoms with Gasteiger partial charge in [0.25, 0.3) is 0 Å². The Morgan fingerprint density at radius 1 is 1.29 bits per heavy atom. The first kappa shape index (κ1) is 14.5. The molecule has 0 bridgehead atoms. The number of aromatic amines is 1. The lowest BCUT2D eigenvalue weighted by Gasteiger charge is -2.26. The van der Waals surface area contributed by atoms with Crippen LogP contribution in [-0.2, 0) is 4.74 Å². The van der Waals surface area contributed by atoms with Crippen molar-refractivity contribution in [3.63, 3.8) is 0 Å². The summed E-state index contributed by atoms with van der Waals surface area (Å²) in [4.78, 5) is 11.2. The van der Waals surface area contributed by atoms with E-state index in [-0.39, 0.29) is 0 Å². The molecule has 0 aromatic carbocycles. The normalized spacial score (nSPS) is 16.2. The highest BCUT2D eigenvalue weighted by Crippen LogP contribution is 2.18. The van der Waals surface area contributed by atoms with Crippen molar-refractivity contribution >= 4 is 11.8 Å². The van der Waals surface area contributed by atoms with Crippen molar-refractivity contribution in [3.05, 3.63) is 24.4 Å². The van der Waals surface area contributed by atoms with Crippen molar-refractivity contribution in [1.82, 2.24) is 25.1 Å². The average Bonchev–Trinajstić information content (AvgIpc) is 3.02. The Labute approximate surface area is 128 Å². The van der Waals surface area contributed by atoms with E-state index in [1.165, 1.54) is 0 Å². The summed E-state index contributed by atoms with van der Waals surface area (Å²) in [5.41, 5.74) is 0.824. The Bertz CT molecular complexity index is 541. The van der Waals surface area contributed by atoms with E-state index in [9.17, 15) is 0 Å². The first-order valence-corrected chi connectivity index (χ1v) is 8.17. The molecule has 2 aromatic heterocycles. The fraction of sp³-hybridized carbons (Fsp3) is 0.500. The van der Waals surface area contributed by atoms with Crippen molar-refractivity contribution in [2.45, 2.75) is 11.6 Å². The number of aromatic nitrogens is 4. The zero-order chi connectivity index (χ0) is 14.3. The van der Waals surface area contributed by atoms with Crippen LogP contribution in [0.25, 0.3) is 11.5 Å². The maximum Gasteiger partial charge on any atom is 0.208 e. The largest absolute Gasteiger partial charge is 0.379 e. The third-order valence-electron chi connectivity index (χ3n) is 3.33. The predicted octanol–water partition coefficient (Wildman–Crippen LogP) is 1.68. The molecule has 2 aromatic rings. The molecule has 7 heteroatoms. The van der Waals surface area contributed by atoms with Gasteiger partial charge in [-0.25, -0.2) is 0 Å². The molecule has 0 saturated carbocycles. The summed E-state index contributed by atoms with van der Waals surface area (Å²) in [6, 6.07) is 5.76. The van der Waals surface area contributed by atoms with Crippen molar-refractivity contribution in [1.29, 1.82) is 0 Å². The molecule has 3 heterocycles. The van der Waals surface area contributed by atoms with Gasteiger partial charge >= 0.3 is 0 Å². The lowest BCUT2D eigenvalue weighted by Crippen LogP contribution is -2.36. The topological polar surface area (TPSA) is 66.9 Å². The average molecular weight is 305 g/mol. The minimum atomic E-state index is 0.728. The molecule has 3 rings (SSSR count). The van der Waals surface area contributed by atoms with Gasteiger partial charge in [-0.15, -0.1) is 5.10 Å². The van der Waals surface area contributed by atoms with Gasteiger partial charge in [0.1, 0.15) is 5.69 Å². The van der Waals surface area contributed by atoms with Gasteiger partial charge in [0.05, 0.1) is 13.2 Å². The van der Waals surface area contributed by atoms with Crippen LogP contribution in [0.4, 0.5) is 0 Å². The zero-order valence-electron chi connectivity index (χ0n) is 11.9. The Balaban J connectivity index is 1.42. The van der Waals surface area contributed by atoms with E-state index in [4.69, 9.17) is 4.74 Å². The van der Waals surface area contributed by atoms with Crippen molar-refractivity contribution in [2.75, 3.05) is 38.6 Å². The number of hydrogen-bond acceptors (Lipinski definition) is 6. The fourth-order valence-corrected chi connectivity index (χ4v) is 2.93. The number of morpholine rings is 1.